The van der Waals surface area contributed by atoms with E-state index < -0.39 is 0 Å². The third-order valence-corrected chi connectivity index (χ3v) is 2.41. The first-order chi connectivity index (χ1) is 7.17. The maximum atomic E-state index is 5.89. The van der Waals surface area contributed by atoms with Crippen molar-refractivity contribution in [2.45, 2.75) is 6.04 Å². The zero-order chi connectivity index (χ0) is 11.3. The van der Waals surface area contributed by atoms with E-state index in [-0.39, 0.29) is 6.04 Å². The van der Waals surface area contributed by atoms with E-state index in [0.717, 1.165) is 5.56 Å². The maximum Gasteiger partial charge on any atom is 0.0578 e. The Kier molecular flexibility index (Phi) is 4.93. The normalized spacial score (nSPS) is 12.1. The molecule has 0 aliphatic carbocycles. The van der Waals surface area contributed by atoms with E-state index in [2.05, 4.69) is 11.2 Å². The maximum absolute atomic E-state index is 5.89. The van der Waals surface area contributed by atoms with Crippen molar-refractivity contribution >= 4 is 23.2 Å². The number of halogens is 2. The number of hydrogen-bond donors (Lipinski definition) is 2. The van der Waals surface area contributed by atoms with Crippen LogP contribution in [-0.4, -0.2) is 13.1 Å². The molecule has 0 fully saturated rings. The van der Waals surface area contributed by atoms with E-state index in [4.69, 9.17) is 35.4 Å². The molecule has 0 bridgehead atoms. The molecule has 0 aliphatic heterocycles. The van der Waals surface area contributed by atoms with E-state index >= 15 is 0 Å². The molecule has 0 aromatic heterocycles. The fourth-order valence-electron chi connectivity index (χ4n) is 1.30. The molecule has 0 heterocycles. The molecule has 15 heavy (non-hydrogen) atoms. The van der Waals surface area contributed by atoms with Crippen LogP contribution < -0.4 is 11.1 Å². The summed E-state index contributed by atoms with van der Waals surface area (Å²) in [4.78, 5) is 0. The van der Waals surface area contributed by atoms with Crippen molar-refractivity contribution in [3.05, 3.63) is 33.8 Å². The molecule has 4 heteroatoms. The van der Waals surface area contributed by atoms with Gasteiger partial charge in [0.05, 0.1) is 6.54 Å². The highest BCUT2D eigenvalue weighted by molar-refractivity contribution is 6.34. The summed E-state index contributed by atoms with van der Waals surface area (Å²) in [6.45, 7) is 0.907. The lowest BCUT2D eigenvalue weighted by Gasteiger charge is -2.16. The smallest absolute Gasteiger partial charge is 0.0578 e. The van der Waals surface area contributed by atoms with Gasteiger partial charge in [-0.2, -0.15) is 0 Å². The minimum absolute atomic E-state index is 0.0164. The van der Waals surface area contributed by atoms with Crippen LogP contribution in [0.5, 0.6) is 0 Å². The van der Waals surface area contributed by atoms with Crippen molar-refractivity contribution in [3.8, 4) is 12.3 Å². The van der Waals surface area contributed by atoms with Gasteiger partial charge in [0.25, 0.3) is 0 Å². The largest absolute Gasteiger partial charge is 0.329 e. The number of terminal acetylenes is 1. The Morgan fingerprint density at radius 1 is 1.33 bits per heavy atom. The molecule has 1 unspecified atom stereocenters. The van der Waals surface area contributed by atoms with Crippen LogP contribution in [0.15, 0.2) is 18.2 Å². The quantitative estimate of drug-likeness (QED) is 0.795. The van der Waals surface area contributed by atoms with Gasteiger partial charge in [0.15, 0.2) is 0 Å². The van der Waals surface area contributed by atoms with Gasteiger partial charge in [0, 0.05) is 22.6 Å². The van der Waals surface area contributed by atoms with E-state index in [9.17, 15) is 0 Å². The second-order valence-electron chi connectivity index (χ2n) is 3.08. The van der Waals surface area contributed by atoms with Crippen LogP contribution in [0.4, 0.5) is 0 Å². The SMILES string of the molecule is C#CCNC(CN)c1cc(Cl)cc(Cl)c1. The lowest BCUT2D eigenvalue weighted by Crippen LogP contribution is -2.28. The summed E-state index contributed by atoms with van der Waals surface area (Å²) in [5.41, 5.74) is 6.58. The van der Waals surface area contributed by atoms with Gasteiger partial charge in [-0.3, -0.25) is 5.32 Å². The first-order valence-corrected chi connectivity index (χ1v) is 5.26. The van der Waals surface area contributed by atoms with Crippen LogP contribution in [-0.2, 0) is 0 Å². The van der Waals surface area contributed by atoms with Gasteiger partial charge in [-0.05, 0) is 23.8 Å². The van der Waals surface area contributed by atoms with Crippen LogP contribution in [0.3, 0.4) is 0 Å². The second-order valence-corrected chi connectivity index (χ2v) is 3.95. The topological polar surface area (TPSA) is 38.0 Å². The zero-order valence-corrected chi connectivity index (χ0v) is 9.65. The Bertz CT molecular complexity index is 351. The molecule has 1 aromatic rings. The second kappa shape index (κ2) is 5.99. The summed E-state index contributed by atoms with van der Waals surface area (Å²) in [6, 6.07) is 5.32. The van der Waals surface area contributed by atoms with E-state index in [1.807, 2.05) is 12.1 Å². The summed E-state index contributed by atoms with van der Waals surface area (Å²) in [5.74, 6) is 2.50. The first kappa shape index (κ1) is 12.4. The van der Waals surface area contributed by atoms with Gasteiger partial charge in [0.1, 0.15) is 0 Å². The zero-order valence-electron chi connectivity index (χ0n) is 8.13. The average molecular weight is 243 g/mol. The minimum atomic E-state index is -0.0164. The van der Waals surface area contributed by atoms with Gasteiger partial charge in [0.2, 0.25) is 0 Å². The number of benzene rings is 1. The Morgan fingerprint density at radius 2 is 1.93 bits per heavy atom. The Labute approximate surface area is 99.8 Å². The number of nitrogens with two attached hydrogens (primary N) is 1. The highest BCUT2D eigenvalue weighted by atomic mass is 35.5. The van der Waals surface area contributed by atoms with Gasteiger partial charge >= 0.3 is 0 Å². The molecule has 0 radical (unpaired) electrons. The van der Waals surface area contributed by atoms with Crippen LogP contribution >= 0.6 is 23.2 Å². The Morgan fingerprint density at radius 3 is 2.40 bits per heavy atom. The number of nitrogens with one attached hydrogen (secondary N) is 1. The molecule has 2 nitrogen and oxygen atoms in total. The molecule has 1 aromatic carbocycles. The average Bonchev–Trinajstić information content (AvgIpc) is 2.17. The van der Waals surface area contributed by atoms with Crippen LogP contribution in [0.25, 0.3) is 0 Å². The van der Waals surface area contributed by atoms with Gasteiger partial charge in [-0.25, -0.2) is 0 Å². The van der Waals surface area contributed by atoms with Crippen molar-refractivity contribution in [2.24, 2.45) is 5.73 Å². The van der Waals surface area contributed by atoms with Crippen molar-refractivity contribution in [1.29, 1.82) is 0 Å². The van der Waals surface area contributed by atoms with E-state index in [1.54, 1.807) is 6.07 Å². The summed E-state index contributed by atoms with van der Waals surface area (Å²) in [6.07, 6.45) is 5.16. The molecule has 0 amide bonds. The van der Waals surface area contributed by atoms with Crippen LogP contribution in [0.1, 0.15) is 11.6 Å². The lowest BCUT2D eigenvalue weighted by molar-refractivity contribution is 0.582. The number of hydrogen-bond acceptors (Lipinski definition) is 2. The highest BCUT2D eigenvalue weighted by Gasteiger charge is 2.09. The summed E-state index contributed by atoms with van der Waals surface area (Å²) < 4.78 is 0. The molecule has 0 saturated heterocycles. The molecule has 1 rings (SSSR count). The van der Waals surface area contributed by atoms with Crippen molar-refractivity contribution in [3.63, 3.8) is 0 Å². The van der Waals surface area contributed by atoms with Crippen molar-refractivity contribution in [1.82, 2.24) is 5.32 Å². The van der Waals surface area contributed by atoms with E-state index in [1.165, 1.54) is 0 Å². The third-order valence-electron chi connectivity index (χ3n) is 1.97. The molecule has 3 N–H and O–H groups in total. The molecule has 80 valence electrons. The summed E-state index contributed by atoms with van der Waals surface area (Å²) in [7, 11) is 0. The Hall–Kier alpha value is -0.720. The fourth-order valence-corrected chi connectivity index (χ4v) is 1.84. The predicted molar refractivity (Wildman–Crippen MR) is 65.1 cm³/mol. The highest BCUT2D eigenvalue weighted by Crippen LogP contribution is 2.22. The van der Waals surface area contributed by atoms with Gasteiger partial charge in [-0.15, -0.1) is 6.42 Å². The number of rotatable bonds is 4. The molecule has 0 aliphatic rings. The van der Waals surface area contributed by atoms with Gasteiger partial charge in [-0.1, -0.05) is 29.1 Å². The third kappa shape index (κ3) is 3.73. The monoisotopic (exact) mass is 242 g/mol. The predicted octanol–water partition coefficient (Wildman–Crippen LogP) is 2.22. The first-order valence-electron chi connectivity index (χ1n) is 4.50. The Balaban J connectivity index is 2.87. The summed E-state index contributed by atoms with van der Waals surface area (Å²) >= 11 is 11.8. The van der Waals surface area contributed by atoms with Crippen molar-refractivity contribution < 1.29 is 0 Å². The fraction of sp³-hybridized carbons (Fsp3) is 0.273. The van der Waals surface area contributed by atoms with Crippen molar-refractivity contribution in [2.75, 3.05) is 13.1 Å². The summed E-state index contributed by atoms with van der Waals surface area (Å²) in [5, 5.41) is 4.30. The van der Waals surface area contributed by atoms with Crippen LogP contribution in [0.2, 0.25) is 10.0 Å². The molecular formula is C11H12Cl2N2. The van der Waals surface area contributed by atoms with E-state index in [0.29, 0.717) is 23.1 Å². The van der Waals surface area contributed by atoms with Gasteiger partial charge < -0.3 is 5.73 Å². The van der Waals surface area contributed by atoms with Crippen LogP contribution in [0, 0.1) is 12.3 Å². The molecule has 1 atom stereocenters. The molecular weight excluding hydrogens is 231 g/mol. The lowest BCUT2D eigenvalue weighted by atomic mass is 10.1. The molecule has 0 saturated carbocycles. The standard InChI is InChI=1S/C11H12Cl2N2/c1-2-3-15-11(7-14)8-4-9(12)6-10(13)5-8/h1,4-6,11,15H,3,7,14H2. The molecule has 0 spiro atoms. The minimum Gasteiger partial charge on any atom is -0.329 e.